The van der Waals surface area contributed by atoms with Gasteiger partial charge >= 0.3 is 7.12 Å². The highest BCUT2D eigenvalue weighted by Gasteiger charge is 2.19. The number of pyridine rings is 1. The molecule has 72 valence electrons. The summed E-state index contributed by atoms with van der Waals surface area (Å²) in [4.78, 5) is 3.83. The first kappa shape index (κ1) is 9.17. The largest absolute Gasteiger partial charge is 0.491 e. The summed E-state index contributed by atoms with van der Waals surface area (Å²) in [5.41, 5.74) is 0.731. The number of hydrogen-bond donors (Lipinski definition) is 2. The Kier molecular flexibility index (Phi) is 2.01. The van der Waals surface area contributed by atoms with E-state index in [1.165, 1.54) is 12.3 Å². The Balaban J connectivity index is 2.76. The van der Waals surface area contributed by atoms with E-state index in [1.807, 2.05) is 0 Å². The average molecular weight is 194 g/mol. The molecule has 14 heavy (non-hydrogen) atoms. The van der Waals surface area contributed by atoms with Crippen molar-refractivity contribution in [2.45, 2.75) is 6.92 Å². The molecule has 0 unspecified atom stereocenters. The van der Waals surface area contributed by atoms with Crippen molar-refractivity contribution in [3.05, 3.63) is 30.0 Å². The molecule has 0 bridgehead atoms. The van der Waals surface area contributed by atoms with Crippen LogP contribution in [-0.2, 0) is 0 Å². The molecule has 2 rings (SSSR count). The van der Waals surface area contributed by atoms with E-state index in [4.69, 9.17) is 10.0 Å². The van der Waals surface area contributed by atoms with E-state index in [0.29, 0.717) is 0 Å². The maximum absolute atomic E-state index is 13.5. The van der Waals surface area contributed by atoms with Crippen LogP contribution in [0, 0.1) is 12.7 Å². The molecule has 2 N–H and O–H groups in total. The van der Waals surface area contributed by atoms with Crippen LogP contribution in [0.5, 0.6) is 0 Å². The van der Waals surface area contributed by atoms with Gasteiger partial charge in [-0.3, -0.25) is 0 Å². The molecule has 0 spiro atoms. The molecule has 4 nitrogen and oxygen atoms in total. The Labute approximate surface area is 79.8 Å². The number of nitrogens with zero attached hydrogens (tertiary/aromatic N) is 2. The zero-order valence-electron chi connectivity index (χ0n) is 7.48. The zero-order chi connectivity index (χ0) is 10.3. The molecular weight excluding hydrogens is 186 g/mol. The van der Waals surface area contributed by atoms with Crippen LogP contribution >= 0.6 is 0 Å². The standard InChI is InChI=1S/C8H8BFN2O2/c1-5-4-11-8-7(10)6(9(13)14)2-3-12(5)8/h2-4,13-14H,1H3. The van der Waals surface area contributed by atoms with Crippen LogP contribution in [0.2, 0.25) is 0 Å². The second-order valence-electron chi connectivity index (χ2n) is 3.05. The Hall–Kier alpha value is -1.40. The number of hydrogen-bond acceptors (Lipinski definition) is 3. The van der Waals surface area contributed by atoms with E-state index in [2.05, 4.69) is 4.98 Å². The monoisotopic (exact) mass is 194 g/mol. The van der Waals surface area contributed by atoms with Crippen molar-refractivity contribution in [1.29, 1.82) is 0 Å². The first-order valence-electron chi connectivity index (χ1n) is 4.09. The predicted octanol–water partition coefficient (Wildman–Crippen LogP) is -0.538. The summed E-state index contributed by atoms with van der Waals surface area (Å²) in [5.74, 6) is -0.699. The third-order valence-electron chi connectivity index (χ3n) is 2.11. The fourth-order valence-electron chi connectivity index (χ4n) is 1.35. The molecule has 2 heterocycles. The normalized spacial score (nSPS) is 10.9. The number of fused-ring (bicyclic) bond motifs is 1. The summed E-state index contributed by atoms with van der Waals surface area (Å²) < 4.78 is 15.1. The molecule has 0 aliphatic rings. The van der Waals surface area contributed by atoms with Crippen LogP contribution in [0.25, 0.3) is 5.65 Å². The third kappa shape index (κ3) is 1.20. The maximum Gasteiger partial charge on any atom is 0.491 e. The average Bonchev–Trinajstić information content (AvgIpc) is 2.49. The topological polar surface area (TPSA) is 57.8 Å². The summed E-state index contributed by atoms with van der Waals surface area (Å²) in [6.45, 7) is 1.79. The number of aromatic nitrogens is 2. The van der Waals surface area contributed by atoms with Crippen molar-refractivity contribution in [2.75, 3.05) is 0 Å². The Bertz CT molecular complexity index is 483. The Morgan fingerprint density at radius 3 is 2.86 bits per heavy atom. The summed E-state index contributed by atoms with van der Waals surface area (Å²) in [6, 6.07) is 1.32. The molecule has 0 amide bonds. The molecule has 2 aromatic rings. The molecule has 0 atom stereocenters. The summed E-state index contributed by atoms with van der Waals surface area (Å²) in [6.07, 6.45) is 3.07. The lowest BCUT2D eigenvalue weighted by atomic mass is 9.80. The van der Waals surface area contributed by atoms with Crippen LogP contribution in [-0.4, -0.2) is 26.6 Å². The van der Waals surface area contributed by atoms with Gasteiger partial charge in [0.15, 0.2) is 11.5 Å². The van der Waals surface area contributed by atoms with Gasteiger partial charge < -0.3 is 14.4 Å². The van der Waals surface area contributed by atoms with Gasteiger partial charge in [0, 0.05) is 23.6 Å². The molecule has 0 saturated carbocycles. The predicted molar refractivity (Wildman–Crippen MR) is 49.7 cm³/mol. The fourth-order valence-corrected chi connectivity index (χ4v) is 1.35. The molecule has 2 aromatic heterocycles. The van der Waals surface area contributed by atoms with Crippen LogP contribution in [0.1, 0.15) is 5.69 Å². The summed E-state index contributed by atoms with van der Waals surface area (Å²) in [7, 11) is -1.81. The van der Waals surface area contributed by atoms with Crippen LogP contribution in [0.15, 0.2) is 18.5 Å². The lowest BCUT2D eigenvalue weighted by molar-refractivity contribution is 0.423. The smallest absolute Gasteiger partial charge is 0.423 e. The molecule has 0 fully saturated rings. The molecule has 0 aromatic carbocycles. The van der Waals surface area contributed by atoms with Crippen molar-refractivity contribution in [3.63, 3.8) is 0 Å². The maximum atomic E-state index is 13.5. The van der Waals surface area contributed by atoms with Gasteiger partial charge in [-0.2, -0.15) is 0 Å². The summed E-state index contributed by atoms with van der Waals surface area (Å²) >= 11 is 0. The van der Waals surface area contributed by atoms with E-state index in [9.17, 15) is 4.39 Å². The molecule has 6 heteroatoms. The van der Waals surface area contributed by atoms with Crippen LogP contribution in [0.3, 0.4) is 0 Å². The van der Waals surface area contributed by atoms with E-state index in [1.54, 1.807) is 17.5 Å². The SMILES string of the molecule is Cc1cnc2c(F)c(B(O)O)ccn12. The van der Waals surface area contributed by atoms with Gasteiger partial charge in [0.05, 0.1) is 0 Å². The number of aryl methyl sites for hydroxylation is 1. The van der Waals surface area contributed by atoms with E-state index >= 15 is 0 Å². The lowest BCUT2D eigenvalue weighted by Gasteiger charge is -2.03. The highest BCUT2D eigenvalue weighted by Crippen LogP contribution is 2.08. The highest BCUT2D eigenvalue weighted by atomic mass is 19.1. The first-order chi connectivity index (χ1) is 6.61. The van der Waals surface area contributed by atoms with Gasteiger partial charge in [0.1, 0.15) is 0 Å². The van der Waals surface area contributed by atoms with Crippen molar-refractivity contribution in [1.82, 2.24) is 9.38 Å². The van der Waals surface area contributed by atoms with Crippen molar-refractivity contribution in [3.8, 4) is 0 Å². The van der Waals surface area contributed by atoms with Crippen molar-refractivity contribution < 1.29 is 14.4 Å². The molecule has 0 aliphatic carbocycles. The van der Waals surface area contributed by atoms with Gasteiger partial charge in [0.25, 0.3) is 0 Å². The molecular formula is C8H8BFN2O2. The quantitative estimate of drug-likeness (QED) is 0.599. The fraction of sp³-hybridized carbons (Fsp3) is 0.125. The van der Waals surface area contributed by atoms with Crippen LogP contribution in [0.4, 0.5) is 4.39 Å². The minimum atomic E-state index is -1.81. The Morgan fingerprint density at radius 2 is 2.21 bits per heavy atom. The number of rotatable bonds is 1. The second-order valence-corrected chi connectivity index (χ2v) is 3.05. The third-order valence-corrected chi connectivity index (χ3v) is 2.11. The van der Waals surface area contributed by atoms with Gasteiger partial charge in [0.2, 0.25) is 0 Å². The number of imidazole rings is 1. The second kappa shape index (κ2) is 3.07. The zero-order valence-corrected chi connectivity index (χ0v) is 7.48. The molecule has 0 radical (unpaired) electrons. The minimum absolute atomic E-state index is 0.105. The summed E-state index contributed by atoms with van der Waals surface area (Å²) in [5, 5.41) is 17.7. The molecule has 0 saturated heterocycles. The molecule has 0 aliphatic heterocycles. The van der Waals surface area contributed by atoms with Gasteiger partial charge in [-0.25, -0.2) is 9.37 Å². The van der Waals surface area contributed by atoms with E-state index < -0.39 is 12.9 Å². The van der Waals surface area contributed by atoms with E-state index in [-0.39, 0.29) is 11.1 Å². The van der Waals surface area contributed by atoms with Crippen molar-refractivity contribution >= 4 is 18.2 Å². The highest BCUT2D eigenvalue weighted by molar-refractivity contribution is 6.58. The van der Waals surface area contributed by atoms with E-state index in [0.717, 1.165) is 5.69 Å². The van der Waals surface area contributed by atoms with Crippen LogP contribution < -0.4 is 5.46 Å². The van der Waals surface area contributed by atoms with Gasteiger partial charge in [-0.05, 0) is 13.0 Å². The Morgan fingerprint density at radius 1 is 1.50 bits per heavy atom. The minimum Gasteiger partial charge on any atom is -0.423 e. The van der Waals surface area contributed by atoms with Gasteiger partial charge in [-0.1, -0.05) is 0 Å². The van der Waals surface area contributed by atoms with Gasteiger partial charge in [-0.15, -0.1) is 0 Å². The van der Waals surface area contributed by atoms with Crippen molar-refractivity contribution in [2.24, 2.45) is 0 Å². The first-order valence-corrected chi connectivity index (χ1v) is 4.09. The number of halogens is 1. The lowest BCUT2D eigenvalue weighted by Crippen LogP contribution is -2.33.